The highest BCUT2D eigenvalue weighted by Gasteiger charge is 2.22. The van der Waals surface area contributed by atoms with Crippen LogP contribution in [0.5, 0.6) is 0 Å². The summed E-state index contributed by atoms with van der Waals surface area (Å²) in [6.07, 6.45) is 3.53. The molecule has 0 bridgehead atoms. The summed E-state index contributed by atoms with van der Waals surface area (Å²) in [4.78, 5) is 13.4. The van der Waals surface area contributed by atoms with Gasteiger partial charge in [-0.25, -0.2) is 0 Å². The summed E-state index contributed by atoms with van der Waals surface area (Å²) in [6, 6.07) is 9.12. The number of likely N-dealkylation sites (N-methyl/N-ethyl adjacent to an activating group) is 1. The van der Waals surface area contributed by atoms with Crippen LogP contribution in [0.25, 0.3) is 0 Å². The predicted octanol–water partition coefficient (Wildman–Crippen LogP) is 2.53. The quantitative estimate of drug-likeness (QED) is 0.812. The lowest BCUT2D eigenvalue weighted by atomic mass is 10.0. The minimum Gasteiger partial charge on any atom is -0.386 e. The third kappa shape index (κ3) is 3.70. The van der Waals surface area contributed by atoms with Gasteiger partial charge in [0, 0.05) is 7.05 Å². The number of benzene rings is 1. The van der Waals surface area contributed by atoms with Crippen LogP contribution in [0, 0.1) is 0 Å². The van der Waals surface area contributed by atoms with E-state index >= 15 is 0 Å². The minimum atomic E-state index is -0.671. The maximum atomic E-state index is 11.8. The summed E-state index contributed by atoms with van der Waals surface area (Å²) in [7, 11) is 1.71. The summed E-state index contributed by atoms with van der Waals surface area (Å²) in [5.74, 6) is -0.0840. The summed E-state index contributed by atoms with van der Waals surface area (Å²) < 4.78 is 0. The molecule has 3 heteroatoms. The van der Waals surface area contributed by atoms with Crippen molar-refractivity contribution in [2.75, 3.05) is 7.05 Å². The van der Waals surface area contributed by atoms with Crippen molar-refractivity contribution in [3.63, 3.8) is 0 Å². The van der Waals surface area contributed by atoms with Crippen LogP contribution in [-0.4, -0.2) is 29.0 Å². The summed E-state index contributed by atoms with van der Waals surface area (Å²) in [6.45, 7) is 3.82. The molecule has 1 aromatic carbocycles. The molecule has 0 heterocycles. The fourth-order valence-electron chi connectivity index (χ4n) is 1.68. The normalized spacial score (nSPS) is 14.4. The van der Waals surface area contributed by atoms with Crippen molar-refractivity contribution in [3.8, 4) is 0 Å². The Morgan fingerprint density at radius 1 is 1.39 bits per heavy atom. The second kappa shape index (κ2) is 6.97. The van der Waals surface area contributed by atoms with Gasteiger partial charge in [-0.05, 0) is 25.0 Å². The highest BCUT2D eigenvalue weighted by Crippen LogP contribution is 2.19. The SMILES string of the molecule is CC/C=C/C(=O)N(C)[C@@H](C)[C@H](O)c1ccccc1. The molecule has 0 saturated carbocycles. The van der Waals surface area contributed by atoms with Gasteiger partial charge in [0.2, 0.25) is 5.91 Å². The van der Waals surface area contributed by atoms with Crippen LogP contribution in [0.1, 0.15) is 31.9 Å². The van der Waals surface area contributed by atoms with E-state index in [2.05, 4.69) is 0 Å². The molecule has 98 valence electrons. The molecule has 0 aromatic heterocycles. The molecule has 1 N–H and O–H groups in total. The van der Waals surface area contributed by atoms with Crippen molar-refractivity contribution in [2.24, 2.45) is 0 Å². The van der Waals surface area contributed by atoms with Crippen molar-refractivity contribution in [2.45, 2.75) is 32.4 Å². The maximum absolute atomic E-state index is 11.8. The maximum Gasteiger partial charge on any atom is 0.246 e. The van der Waals surface area contributed by atoms with Crippen LogP contribution < -0.4 is 0 Å². The van der Waals surface area contributed by atoms with E-state index in [-0.39, 0.29) is 11.9 Å². The van der Waals surface area contributed by atoms with Crippen LogP contribution >= 0.6 is 0 Å². The van der Waals surface area contributed by atoms with Crippen molar-refractivity contribution < 1.29 is 9.90 Å². The molecule has 0 fully saturated rings. The second-order valence-corrected chi connectivity index (χ2v) is 4.36. The number of nitrogens with zero attached hydrogens (tertiary/aromatic N) is 1. The fourth-order valence-corrected chi connectivity index (χ4v) is 1.68. The Morgan fingerprint density at radius 3 is 2.56 bits per heavy atom. The molecule has 1 rings (SSSR count). The Kier molecular flexibility index (Phi) is 5.59. The van der Waals surface area contributed by atoms with Crippen LogP contribution in [0.2, 0.25) is 0 Å². The van der Waals surface area contributed by atoms with Gasteiger partial charge in [0.25, 0.3) is 0 Å². The third-order valence-corrected chi connectivity index (χ3v) is 3.05. The van der Waals surface area contributed by atoms with Crippen LogP contribution in [0.4, 0.5) is 0 Å². The van der Waals surface area contributed by atoms with Gasteiger partial charge in [-0.2, -0.15) is 0 Å². The number of aliphatic hydroxyl groups excluding tert-OH is 1. The summed E-state index contributed by atoms with van der Waals surface area (Å²) in [5.41, 5.74) is 0.823. The first-order valence-corrected chi connectivity index (χ1v) is 6.24. The van der Waals surface area contributed by atoms with Gasteiger partial charge in [-0.15, -0.1) is 0 Å². The number of amides is 1. The minimum absolute atomic E-state index is 0.0840. The highest BCUT2D eigenvalue weighted by molar-refractivity contribution is 5.87. The average molecular weight is 247 g/mol. The zero-order chi connectivity index (χ0) is 13.5. The molecule has 1 amide bonds. The van der Waals surface area contributed by atoms with Gasteiger partial charge in [-0.1, -0.05) is 43.3 Å². The Bertz CT molecular complexity index is 400. The lowest BCUT2D eigenvalue weighted by molar-refractivity contribution is -0.128. The van der Waals surface area contributed by atoms with E-state index in [0.29, 0.717) is 0 Å². The summed E-state index contributed by atoms with van der Waals surface area (Å²) in [5, 5.41) is 10.2. The molecular weight excluding hydrogens is 226 g/mol. The smallest absolute Gasteiger partial charge is 0.246 e. The van der Waals surface area contributed by atoms with Gasteiger partial charge in [0.15, 0.2) is 0 Å². The van der Waals surface area contributed by atoms with Crippen molar-refractivity contribution in [1.29, 1.82) is 0 Å². The molecule has 1 aromatic rings. The molecule has 0 unspecified atom stereocenters. The van der Waals surface area contributed by atoms with E-state index in [0.717, 1.165) is 12.0 Å². The zero-order valence-electron chi connectivity index (χ0n) is 11.2. The highest BCUT2D eigenvalue weighted by atomic mass is 16.3. The fraction of sp³-hybridized carbons (Fsp3) is 0.400. The monoisotopic (exact) mass is 247 g/mol. The zero-order valence-corrected chi connectivity index (χ0v) is 11.2. The molecule has 0 saturated heterocycles. The molecular formula is C15H21NO2. The van der Waals surface area contributed by atoms with Gasteiger partial charge in [-0.3, -0.25) is 4.79 Å². The van der Waals surface area contributed by atoms with Crippen molar-refractivity contribution >= 4 is 5.91 Å². The molecule has 0 aliphatic carbocycles. The van der Waals surface area contributed by atoms with Gasteiger partial charge in [0.1, 0.15) is 0 Å². The number of carbonyl (C=O) groups excluding carboxylic acids is 1. The lowest BCUT2D eigenvalue weighted by Crippen LogP contribution is -2.38. The second-order valence-electron chi connectivity index (χ2n) is 4.36. The number of hydrogen-bond donors (Lipinski definition) is 1. The van der Waals surface area contributed by atoms with Gasteiger partial charge >= 0.3 is 0 Å². The number of hydrogen-bond acceptors (Lipinski definition) is 2. The van der Waals surface area contributed by atoms with Gasteiger partial charge in [0.05, 0.1) is 12.1 Å². The van der Waals surface area contributed by atoms with Crippen LogP contribution in [0.15, 0.2) is 42.5 Å². The standard InChI is InChI=1S/C15H21NO2/c1-4-5-11-14(17)16(3)12(2)15(18)13-9-7-6-8-10-13/h5-12,15,18H,4H2,1-3H3/b11-5+/t12-,15-/m0/s1. The molecule has 2 atom stereocenters. The Hall–Kier alpha value is -1.61. The largest absolute Gasteiger partial charge is 0.386 e. The van der Waals surface area contributed by atoms with Crippen LogP contribution in [0.3, 0.4) is 0 Å². The van der Waals surface area contributed by atoms with E-state index in [1.165, 1.54) is 0 Å². The van der Waals surface area contributed by atoms with E-state index in [4.69, 9.17) is 0 Å². The third-order valence-electron chi connectivity index (χ3n) is 3.05. The summed E-state index contributed by atoms with van der Waals surface area (Å²) >= 11 is 0. The molecule has 0 radical (unpaired) electrons. The van der Waals surface area contributed by atoms with Crippen molar-refractivity contribution in [1.82, 2.24) is 4.90 Å². The molecule has 0 spiro atoms. The van der Waals surface area contributed by atoms with E-state index in [1.54, 1.807) is 18.0 Å². The average Bonchev–Trinajstić information content (AvgIpc) is 2.43. The number of aliphatic hydroxyl groups is 1. The lowest BCUT2D eigenvalue weighted by Gasteiger charge is -2.28. The molecule has 18 heavy (non-hydrogen) atoms. The first-order chi connectivity index (χ1) is 8.57. The molecule has 3 nitrogen and oxygen atoms in total. The molecule has 0 aliphatic heterocycles. The van der Waals surface area contributed by atoms with Crippen LogP contribution in [-0.2, 0) is 4.79 Å². The first-order valence-electron chi connectivity index (χ1n) is 6.24. The van der Waals surface area contributed by atoms with E-state index in [9.17, 15) is 9.90 Å². The molecule has 0 aliphatic rings. The number of carbonyl (C=O) groups is 1. The Labute approximate surface area is 109 Å². The van der Waals surface area contributed by atoms with E-state index < -0.39 is 6.10 Å². The number of rotatable bonds is 5. The Balaban J connectivity index is 2.72. The van der Waals surface area contributed by atoms with E-state index in [1.807, 2.05) is 50.3 Å². The Morgan fingerprint density at radius 2 is 2.00 bits per heavy atom. The van der Waals surface area contributed by atoms with Crippen molar-refractivity contribution in [3.05, 3.63) is 48.0 Å². The topological polar surface area (TPSA) is 40.5 Å². The van der Waals surface area contributed by atoms with Gasteiger partial charge < -0.3 is 10.0 Å². The predicted molar refractivity (Wildman–Crippen MR) is 73.1 cm³/mol. The first kappa shape index (κ1) is 14.5. The number of allylic oxidation sites excluding steroid dienone is 1.